The number of fused-ring (bicyclic) bond motifs is 7. The van der Waals surface area contributed by atoms with Crippen molar-refractivity contribution >= 4 is 66.4 Å². The Hall–Kier alpha value is -3.40. The summed E-state index contributed by atoms with van der Waals surface area (Å²) in [4.78, 5) is 18.3. The number of aliphatic imine (C=N–C) groups is 2. The van der Waals surface area contributed by atoms with E-state index in [4.69, 9.17) is 9.98 Å². The largest absolute Gasteiger partial charge is 0.351 e. The summed E-state index contributed by atoms with van der Waals surface area (Å²) in [6.45, 7) is 0. The number of para-hydroxylation sites is 2. The molecule has 0 aliphatic heterocycles. The lowest BCUT2D eigenvalue weighted by atomic mass is 9.65. The van der Waals surface area contributed by atoms with Crippen LogP contribution in [-0.2, 0) is 0 Å². The molecule has 4 nitrogen and oxygen atoms in total. The summed E-state index contributed by atoms with van der Waals surface area (Å²) in [7, 11) is 0. The fraction of sp³-hybridized carbons (Fsp3) is 0.500. The van der Waals surface area contributed by atoms with Crippen LogP contribution in [0, 0.1) is 10.8 Å². The van der Waals surface area contributed by atoms with Gasteiger partial charge in [-0.3, -0.25) is 9.98 Å². The highest BCUT2D eigenvalue weighted by atomic mass is 14.9. The van der Waals surface area contributed by atoms with Gasteiger partial charge in [0.15, 0.2) is 0 Å². The highest BCUT2D eigenvalue weighted by Gasteiger charge is 2.36. The lowest BCUT2D eigenvalue weighted by Crippen LogP contribution is -2.29. The molecule has 2 heterocycles. The van der Waals surface area contributed by atoms with Crippen molar-refractivity contribution in [2.45, 2.75) is 116 Å². The van der Waals surface area contributed by atoms with E-state index in [9.17, 15) is 0 Å². The molecule has 44 heavy (non-hydrogen) atoms. The van der Waals surface area contributed by atoms with Crippen LogP contribution in [0.5, 0.6) is 0 Å². The van der Waals surface area contributed by atoms with Gasteiger partial charge < -0.3 is 9.97 Å². The quantitative estimate of drug-likeness (QED) is 0.208. The number of benzene rings is 3. The highest BCUT2D eigenvalue weighted by Crippen LogP contribution is 2.49. The molecule has 4 aliphatic carbocycles. The first kappa shape index (κ1) is 27.0. The summed E-state index contributed by atoms with van der Waals surface area (Å²) >= 11 is 0. The first-order chi connectivity index (χ1) is 21.7. The molecule has 3 aromatic carbocycles. The molecule has 0 saturated heterocycles. The number of nitrogens with one attached hydrogen (secondary N) is 2. The number of hydrogen-bond acceptors (Lipinski definition) is 2. The van der Waals surface area contributed by atoms with Gasteiger partial charge in [0.05, 0.1) is 33.4 Å². The number of nitrogens with zero attached hydrogens (tertiary/aromatic N) is 2. The molecule has 4 fully saturated rings. The molecule has 2 spiro atoms. The van der Waals surface area contributed by atoms with Gasteiger partial charge in [0.2, 0.25) is 0 Å². The number of hydrogen-bond donors (Lipinski definition) is 2. The topological polar surface area (TPSA) is 56.3 Å². The van der Waals surface area contributed by atoms with E-state index >= 15 is 0 Å². The second kappa shape index (κ2) is 10.6. The zero-order valence-electron chi connectivity index (χ0n) is 26.2. The fourth-order valence-electron chi connectivity index (χ4n) is 9.85. The van der Waals surface area contributed by atoms with Gasteiger partial charge >= 0.3 is 0 Å². The Morgan fingerprint density at radius 1 is 0.409 bits per heavy atom. The molecule has 4 heteroatoms. The van der Waals surface area contributed by atoms with Gasteiger partial charge in [-0.1, -0.05) is 74.9 Å². The van der Waals surface area contributed by atoms with Crippen LogP contribution < -0.4 is 0 Å². The summed E-state index contributed by atoms with van der Waals surface area (Å²) in [6, 6.07) is 17.9. The van der Waals surface area contributed by atoms with Gasteiger partial charge in [-0.05, 0) is 100 Å². The molecule has 0 amide bonds. The summed E-state index contributed by atoms with van der Waals surface area (Å²) in [6.07, 6.45) is 24.3. The third kappa shape index (κ3) is 4.54. The lowest BCUT2D eigenvalue weighted by molar-refractivity contribution is 0.153. The molecule has 4 aliphatic rings. The third-order valence-electron chi connectivity index (χ3n) is 12.5. The Morgan fingerprint density at radius 2 is 0.795 bits per heavy atom. The average molecular weight is 583 g/mol. The zero-order valence-corrected chi connectivity index (χ0v) is 26.2. The van der Waals surface area contributed by atoms with Crippen LogP contribution in [0.1, 0.15) is 116 Å². The summed E-state index contributed by atoms with van der Waals surface area (Å²) < 4.78 is 0. The molecule has 2 N–H and O–H groups in total. The van der Waals surface area contributed by atoms with Crippen LogP contribution in [0.4, 0.5) is 11.4 Å². The van der Waals surface area contributed by atoms with Crippen LogP contribution in [0.3, 0.4) is 0 Å². The van der Waals surface area contributed by atoms with Crippen molar-refractivity contribution in [3.8, 4) is 0 Å². The molecule has 9 rings (SSSR count). The van der Waals surface area contributed by atoms with Crippen LogP contribution >= 0.6 is 0 Å². The van der Waals surface area contributed by atoms with Crippen molar-refractivity contribution in [3.05, 3.63) is 48.5 Å². The van der Waals surface area contributed by atoms with Gasteiger partial charge in [0.25, 0.3) is 0 Å². The summed E-state index contributed by atoms with van der Waals surface area (Å²) in [5, 5.41) is 5.07. The van der Waals surface area contributed by atoms with Crippen molar-refractivity contribution < 1.29 is 0 Å². The first-order valence-electron chi connectivity index (χ1n) is 17.8. The van der Waals surface area contributed by atoms with Crippen molar-refractivity contribution in [2.24, 2.45) is 20.8 Å². The van der Waals surface area contributed by atoms with Crippen LogP contribution in [0.15, 0.2) is 58.5 Å². The Balaban J connectivity index is 1.06. The third-order valence-corrected chi connectivity index (χ3v) is 12.5. The van der Waals surface area contributed by atoms with E-state index < -0.39 is 0 Å². The van der Waals surface area contributed by atoms with E-state index in [0.29, 0.717) is 10.8 Å². The Kier molecular flexibility index (Phi) is 6.50. The molecule has 5 aromatic rings. The van der Waals surface area contributed by atoms with E-state index in [0.717, 1.165) is 37.1 Å². The van der Waals surface area contributed by atoms with Gasteiger partial charge in [0.1, 0.15) is 0 Å². The molecule has 4 saturated carbocycles. The van der Waals surface area contributed by atoms with E-state index in [1.807, 2.05) is 0 Å². The van der Waals surface area contributed by atoms with Crippen LogP contribution in [-0.4, -0.2) is 21.4 Å². The van der Waals surface area contributed by atoms with Crippen LogP contribution in [0.25, 0.3) is 43.6 Å². The first-order valence-corrected chi connectivity index (χ1v) is 17.8. The minimum absolute atomic E-state index is 0.615. The predicted octanol–water partition coefficient (Wildman–Crippen LogP) is 12.1. The fourth-order valence-corrected chi connectivity index (χ4v) is 9.85. The Labute approximate surface area is 260 Å². The molecule has 226 valence electrons. The maximum absolute atomic E-state index is 5.31. The van der Waals surface area contributed by atoms with Gasteiger partial charge in [-0.2, -0.15) is 0 Å². The summed E-state index contributed by atoms with van der Waals surface area (Å²) in [5.41, 5.74) is 10.9. The zero-order chi connectivity index (χ0) is 29.1. The van der Waals surface area contributed by atoms with Gasteiger partial charge in [0, 0.05) is 33.0 Å². The Bertz CT molecular complexity index is 1770. The van der Waals surface area contributed by atoms with E-state index in [2.05, 4.69) is 58.5 Å². The number of aromatic amines is 2. The minimum Gasteiger partial charge on any atom is -0.351 e. The number of aromatic nitrogens is 2. The average Bonchev–Trinajstić information content (AvgIpc) is 3.64. The predicted molar refractivity (Wildman–Crippen MR) is 187 cm³/mol. The SMILES string of the molecule is c1cc(N=C2CCC3(CCCCC3)CC2)c2[nH]c3c(ccc4c5cccc(N=C6CCC7(CCCCC7)CC6)c5[nH]c43)c2c1. The number of H-pyrrole nitrogens is 2. The second-order valence-electron chi connectivity index (χ2n) is 15.0. The molecule has 2 aromatic heterocycles. The van der Waals surface area contributed by atoms with Gasteiger partial charge in [-0.25, -0.2) is 0 Å². The van der Waals surface area contributed by atoms with E-state index in [1.54, 1.807) is 0 Å². The minimum atomic E-state index is 0.615. The molecule has 0 unspecified atom stereocenters. The smallest absolute Gasteiger partial charge is 0.0870 e. The Morgan fingerprint density at radius 3 is 1.20 bits per heavy atom. The van der Waals surface area contributed by atoms with Crippen LogP contribution in [0.2, 0.25) is 0 Å². The molecular formula is C40H46N4. The molecular weight excluding hydrogens is 536 g/mol. The standard InChI is InChI=1S/C40H46N4/c1-3-19-39(20-4-1)23-15-27(16-24-39)41-33-11-7-9-29-31-13-14-32-30-10-8-12-34(36(30)44-38(32)37(31)43-35(29)33)42-28-17-25-40(26-18-28)21-5-2-6-22-40/h7-14,43-44H,1-6,15-26H2. The van der Waals surface area contributed by atoms with Gasteiger partial charge in [-0.15, -0.1) is 0 Å². The second-order valence-corrected chi connectivity index (χ2v) is 15.0. The maximum atomic E-state index is 5.31. The van der Waals surface area contributed by atoms with Crippen molar-refractivity contribution in [1.29, 1.82) is 0 Å². The monoisotopic (exact) mass is 582 g/mol. The normalized spacial score (nSPS) is 22.1. The molecule has 0 bridgehead atoms. The van der Waals surface area contributed by atoms with Crippen molar-refractivity contribution in [1.82, 2.24) is 9.97 Å². The lowest BCUT2D eigenvalue weighted by Gasteiger charge is -2.40. The molecule has 0 atom stereocenters. The van der Waals surface area contributed by atoms with E-state index in [-0.39, 0.29) is 0 Å². The van der Waals surface area contributed by atoms with Crippen molar-refractivity contribution in [3.63, 3.8) is 0 Å². The summed E-state index contributed by atoms with van der Waals surface area (Å²) in [5.74, 6) is 0. The van der Waals surface area contributed by atoms with E-state index in [1.165, 1.54) is 145 Å². The van der Waals surface area contributed by atoms with Crippen molar-refractivity contribution in [2.75, 3.05) is 0 Å². The maximum Gasteiger partial charge on any atom is 0.0870 e. The molecule has 0 radical (unpaired) electrons. The highest BCUT2D eigenvalue weighted by molar-refractivity contribution is 6.23. The number of rotatable bonds is 2.